The summed E-state index contributed by atoms with van der Waals surface area (Å²) in [6.07, 6.45) is 5.42. The van der Waals surface area contributed by atoms with Crippen LogP contribution in [-0.2, 0) is 6.42 Å². The van der Waals surface area contributed by atoms with Gasteiger partial charge in [0.25, 0.3) is 0 Å². The Kier molecular flexibility index (Phi) is 3.77. The first-order valence-electron chi connectivity index (χ1n) is 6.03. The summed E-state index contributed by atoms with van der Waals surface area (Å²) in [5, 5.41) is 0. The van der Waals surface area contributed by atoms with E-state index in [1.165, 1.54) is 22.3 Å². The minimum atomic E-state index is 1.00. The molecule has 86 valence electrons. The lowest BCUT2D eigenvalue weighted by molar-refractivity contribution is 1.22. The molecule has 2 aromatic carbocycles. The molecule has 0 saturated heterocycles. The van der Waals surface area contributed by atoms with Gasteiger partial charge in [0, 0.05) is 0 Å². The first-order valence-corrected chi connectivity index (χ1v) is 6.03. The zero-order valence-corrected chi connectivity index (χ0v) is 10.5. The van der Waals surface area contributed by atoms with Crippen LogP contribution in [0.1, 0.15) is 22.3 Å². The lowest BCUT2D eigenvalue weighted by atomic mass is 10.0. The van der Waals surface area contributed by atoms with Gasteiger partial charge in [-0.2, -0.15) is 0 Å². The fourth-order valence-corrected chi connectivity index (χ4v) is 1.84. The number of hydrogen-bond acceptors (Lipinski definition) is 0. The predicted octanol–water partition coefficient (Wildman–Crippen LogP) is 4.56. The third kappa shape index (κ3) is 3.32. The van der Waals surface area contributed by atoms with Crippen LogP contribution in [-0.4, -0.2) is 0 Å². The Labute approximate surface area is 104 Å². The highest BCUT2D eigenvalue weighted by Crippen LogP contribution is 2.10. The highest BCUT2D eigenvalue weighted by Gasteiger charge is 1.93. The summed E-state index contributed by atoms with van der Waals surface area (Å²) in [5.41, 5.74) is 5.34. The second-order valence-electron chi connectivity index (χ2n) is 4.44. The normalized spacial score (nSPS) is 10.9. The molecule has 0 atom stereocenters. The summed E-state index contributed by atoms with van der Waals surface area (Å²) in [5.74, 6) is 0. The zero-order chi connectivity index (χ0) is 12.1. The van der Waals surface area contributed by atoms with E-state index in [1.807, 2.05) is 0 Å². The van der Waals surface area contributed by atoms with Crippen LogP contribution in [0.2, 0.25) is 0 Å². The van der Waals surface area contributed by atoms with Crippen LogP contribution >= 0.6 is 0 Å². The standard InChI is InChI=1S/C17H18/c1-14-10-12-16(13-11-14)7-5-9-17-8-4-3-6-15(17)2/h3-8,10-13H,9H2,1-2H3/b7-5+. The summed E-state index contributed by atoms with van der Waals surface area (Å²) >= 11 is 0. The van der Waals surface area contributed by atoms with Crippen molar-refractivity contribution >= 4 is 6.08 Å². The van der Waals surface area contributed by atoms with E-state index in [-0.39, 0.29) is 0 Å². The largest absolute Gasteiger partial charge is 0.0795 e. The monoisotopic (exact) mass is 222 g/mol. The van der Waals surface area contributed by atoms with Crippen molar-refractivity contribution in [3.8, 4) is 0 Å². The fraction of sp³-hybridized carbons (Fsp3) is 0.176. The van der Waals surface area contributed by atoms with Gasteiger partial charge in [-0.25, -0.2) is 0 Å². The molecule has 0 aliphatic heterocycles. The highest BCUT2D eigenvalue weighted by atomic mass is 14.0. The van der Waals surface area contributed by atoms with E-state index in [0.717, 1.165) is 6.42 Å². The lowest BCUT2D eigenvalue weighted by Gasteiger charge is -2.01. The third-order valence-electron chi connectivity index (χ3n) is 2.99. The Hall–Kier alpha value is -1.82. The molecule has 0 fully saturated rings. The molecule has 0 heteroatoms. The molecular formula is C17H18. The molecule has 2 rings (SSSR count). The van der Waals surface area contributed by atoms with E-state index >= 15 is 0 Å². The summed E-state index contributed by atoms with van der Waals surface area (Å²) in [6.45, 7) is 4.27. The number of benzene rings is 2. The van der Waals surface area contributed by atoms with Gasteiger partial charge in [0.1, 0.15) is 0 Å². The minimum absolute atomic E-state index is 1.00. The Morgan fingerprint density at radius 2 is 1.59 bits per heavy atom. The van der Waals surface area contributed by atoms with Gasteiger partial charge in [-0.15, -0.1) is 0 Å². The van der Waals surface area contributed by atoms with E-state index in [0.29, 0.717) is 0 Å². The van der Waals surface area contributed by atoms with Crippen LogP contribution in [0.3, 0.4) is 0 Å². The van der Waals surface area contributed by atoms with E-state index in [9.17, 15) is 0 Å². The fourth-order valence-electron chi connectivity index (χ4n) is 1.84. The molecule has 0 bridgehead atoms. The maximum atomic E-state index is 2.23. The SMILES string of the molecule is Cc1ccc(/C=C/Cc2ccccc2C)cc1. The number of hydrogen-bond donors (Lipinski definition) is 0. The molecule has 0 heterocycles. The molecular weight excluding hydrogens is 204 g/mol. The molecule has 0 nitrogen and oxygen atoms in total. The van der Waals surface area contributed by atoms with Gasteiger partial charge in [-0.3, -0.25) is 0 Å². The van der Waals surface area contributed by atoms with Gasteiger partial charge >= 0.3 is 0 Å². The molecule has 0 saturated carbocycles. The second kappa shape index (κ2) is 5.49. The average Bonchev–Trinajstić information content (AvgIpc) is 2.34. The number of allylic oxidation sites excluding steroid dienone is 1. The maximum Gasteiger partial charge on any atom is -0.00915 e. The number of aryl methyl sites for hydroxylation is 2. The van der Waals surface area contributed by atoms with Crippen molar-refractivity contribution in [1.29, 1.82) is 0 Å². The van der Waals surface area contributed by atoms with Gasteiger partial charge in [0.15, 0.2) is 0 Å². The van der Waals surface area contributed by atoms with E-state index in [4.69, 9.17) is 0 Å². The van der Waals surface area contributed by atoms with Crippen LogP contribution in [0.4, 0.5) is 0 Å². The molecule has 0 unspecified atom stereocenters. The van der Waals surface area contributed by atoms with Crippen LogP contribution in [0.5, 0.6) is 0 Å². The van der Waals surface area contributed by atoms with Crippen molar-refractivity contribution in [2.45, 2.75) is 20.3 Å². The van der Waals surface area contributed by atoms with Crippen molar-refractivity contribution < 1.29 is 0 Å². The van der Waals surface area contributed by atoms with Crippen molar-refractivity contribution in [2.75, 3.05) is 0 Å². The second-order valence-corrected chi connectivity index (χ2v) is 4.44. The van der Waals surface area contributed by atoms with Gasteiger partial charge in [-0.05, 0) is 37.0 Å². The Bertz CT molecular complexity index is 504. The summed E-state index contributed by atoms with van der Waals surface area (Å²) in [7, 11) is 0. The third-order valence-corrected chi connectivity index (χ3v) is 2.99. The molecule has 2 aromatic rings. The van der Waals surface area contributed by atoms with Crippen LogP contribution < -0.4 is 0 Å². The van der Waals surface area contributed by atoms with Crippen LogP contribution in [0.15, 0.2) is 54.6 Å². The molecule has 0 aliphatic carbocycles. The van der Waals surface area contributed by atoms with Crippen LogP contribution in [0, 0.1) is 13.8 Å². The van der Waals surface area contributed by atoms with Crippen molar-refractivity contribution in [1.82, 2.24) is 0 Å². The quantitative estimate of drug-likeness (QED) is 0.714. The van der Waals surface area contributed by atoms with Crippen molar-refractivity contribution in [2.24, 2.45) is 0 Å². The molecule has 0 aromatic heterocycles. The maximum absolute atomic E-state index is 2.23. The van der Waals surface area contributed by atoms with E-state index < -0.39 is 0 Å². The summed E-state index contributed by atoms with van der Waals surface area (Å²) in [6, 6.07) is 17.1. The summed E-state index contributed by atoms with van der Waals surface area (Å²) < 4.78 is 0. The van der Waals surface area contributed by atoms with Crippen molar-refractivity contribution in [3.63, 3.8) is 0 Å². The Morgan fingerprint density at radius 1 is 0.882 bits per heavy atom. The molecule has 0 amide bonds. The Balaban J connectivity index is 2.03. The van der Waals surface area contributed by atoms with Gasteiger partial charge < -0.3 is 0 Å². The van der Waals surface area contributed by atoms with Gasteiger partial charge in [0.2, 0.25) is 0 Å². The van der Waals surface area contributed by atoms with E-state index in [2.05, 4.69) is 74.5 Å². The summed E-state index contributed by atoms with van der Waals surface area (Å²) in [4.78, 5) is 0. The topological polar surface area (TPSA) is 0 Å². The van der Waals surface area contributed by atoms with Gasteiger partial charge in [0.05, 0.1) is 0 Å². The molecule has 0 N–H and O–H groups in total. The highest BCUT2D eigenvalue weighted by molar-refractivity contribution is 5.50. The van der Waals surface area contributed by atoms with Crippen molar-refractivity contribution in [3.05, 3.63) is 76.9 Å². The zero-order valence-electron chi connectivity index (χ0n) is 10.5. The molecule has 17 heavy (non-hydrogen) atoms. The first-order chi connectivity index (χ1) is 8.25. The Morgan fingerprint density at radius 3 is 2.29 bits per heavy atom. The lowest BCUT2D eigenvalue weighted by Crippen LogP contribution is -1.85. The van der Waals surface area contributed by atoms with Gasteiger partial charge in [-0.1, -0.05) is 66.2 Å². The van der Waals surface area contributed by atoms with Crippen LogP contribution in [0.25, 0.3) is 6.08 Å². The van der Waals surface area contributed by atoms with E-state index in [1.54, 1.807) is 0 Å². The average molecular weight is 222 g/mol. The minimum Gasteiger partial charge on any atom is -0.0795 e. The first kappa shape index (κ1) is 11.7. The number of rotatable bonds is 3. The molecule has 0 aliphatic rings. The molecule has 0 spiro atoms. The smallest absolute Gasteiger partial charge is 0.00915 e. The predicted molar refractivity (Wildman–Crippen MR) is 75.1 cm³/mol. The molecule has 0 radical (unpaired) electrons.